The SMILES string of the molecule is C=C(C)C(=O)OCCOC(CC)[Si](C)(CCCCC)O[Si](C)(C)O[Si](C)(C)C. The van der Waals surface area contributed by atoms with Crippen LogP contribution in [-0.4, -0.2) is 50.1 Å². The number of rotatable bonds is 15. The van der Waals surface area contributed by atoms with Gasteiger partial charge < -0.3 is 17.7 Å². The molecular weight excluding hydrogens is 404 g/mol. The molecule has 0 aromatic carbocycles. The Balaban J connectivity index is 5.12. The number of carbonyl (C=O) groups excluding carboxylic acids is 1. The highest BCUT2D eigenvalue weighted by Gasteiger charge is 2.45. The number of unbranched alkanes of at least 4 members (excludes halogenated alkanes) is 2. The van der Waals surface area contributed by atoms with Crippen molar-refractivity contribution in [2.75, 3.05) is 13.2 Å². The molecule has 2 atom stereocenters. The Morgan fingerprint density at radius 1 is 0.964 bits per heavy atom. The van der Waals surface area contributed by atoms with Crippen LogP contribution in [0.3, 0.4) is 0 Å². The van der Waals surface area contributed by atoms with Crippen LogP contribution in [0.15, 0.2) is 12.2 Å². The maximum absolute atomic E-state index is 11.5. The lowest BCUT2D eigenvalue weighted by molar-refractivity contribution is -0.140. The molecule has 0 heterocycles. The van der Waals surface area contributed by atoms with E-state index in [0.717, 1.165) is 18.9 Å². The topological polar surface area (TPSA) is 54.0 Å². The zero-order valence-electron chi connectivity index (χ0n) is 19.8. The standard InChI is InChI=1S/C20H44O5Si3/c1-11-13-14-17-28(10,25-27(8,9)24-26(5,6)7)19(12-2)22-15-16-23-20(21)18(3)4/h19H,3,11-17H2,1-2,4-10H3. The van der Waals surface area contributed by atoms with E-state index in [9.17, 15) is 4.79 Å². The van der Waals surface area contributed by atoms with Crippen molar-refractivity contribution >= 4 is 31.2 Å². The molecule has 0 saturated carbocycles. The molecule has 0 N–H and O–H groups in total. The van der Waals surface area contributed by atoms with Gasteiger partial charge in [0.15, 0.2) is 8.32 Å². The molecule has 0 saturated heterocycles. The molecule has 5 nitrogen and oxygen atoms in total. The second-order valence-corrected chi connectivity index (χ2v) is 21.6. The molecule has 8 heteroatoms. The predicted molar refractivity (Wildman–Crippen MR) is 125 cm³/mol. The lowest BCUT2D eigenvalue weighted by Crippen LogP contribution is -2.58. The summed E-state index contributed by atoms with van der Waals surface area (Å²) in [5.74, 6) is -0.368. The first-order valence-corrected chi connectivity index (χ1v) is 19.5. The first-order valence-electron chi connectivity index (χ1n) is 10.6. The van der Waals surface area contributed by atoms with E-state index in [1.165, 1.54) is 12.8 Å². The fraction of sp³-hybridized carbons (Fsp3) is 0.850. The summed E-state index contributed by atoms with van der Waals surface area (Å²) in [6, 6.07) is 1.07. The molecular formula is C20H44O5Si3. The van der Waals surface area contributed by atoms with Crippen molar-refractivity contribution in [1.29, 1.82) is 0 Å². The molecule has 0 amide bonds. The van der Waals surface area contributed by atoms with Crippen LogP contribution in [0.5, 0.6) is 0 Å². The molecule has 166 valence electrons. The molecule has 0 aliphatic carbocycles. The third kappa shape index (κ3) is 11.7. The quantitative estimate of drug-likeness (QED) is 0.138. The van der Waals surface area contributed by atoms with Gasteiger partial charge in [-0.2, -0.15) is 0 Å². The van der Waals surface area contributed by atoms with Crippen LogP contribution < -0.4 is 0 Å². The van der Waals surface area contributed by atoms with Gasteiger partial charge in [0.1, 0.15) is 6.61 Å². The molecule has 0 radical (unpaired) electrons. The summed E-state index contributed by atoms with van der Waals surface area (Å²) >= 11 is 0. The maximum Gasteiger partial charge on any atom is 0.333 e. The van der Waals surface area contributed by atoms with Gasteiger partial charge in [0.05, 0.1) is 12.3 Å². The molecule has 0 bridgehead atoms. The molecule has 0 aliphatic rings. The van der Waals surface area contributed by atoms with Crippen LogP contribution in [0.1, 0.15) is 46.5 Å². The van der Waals surface area contributed by atoms with Crippen LogP contribution >= 0.6 is 0 Å². The van der Waals surface area contributed by atoms with Crippen molar-refractivity contribution in [1.82, 2.24) is 0 Å². The highest BCUT2D eigenvalue weighted by Crippen LogP contribution is 2.30. The minimum absolute atomic E-state index is 0.0601. The Hall–Kier alpha value is -0.259. The van der Waals surface area contributed by atoms with Crippen molar-refractivity contribution in [3.8, 4) is 0 Å². The highest BCUT2D eigenvalue weighted by molar-refractivity contribution is 6.88. The van der Waals surface area contributed by atoms with Gasteiger partial charge >= 0.3 is 14.5 Å². The van der Waals surface area contributed by atoms with E-state index >= 15 is 0 Å². The van der Waals surface area contributed by atoms with Crippen LogP contribution in [-0.2, 0) is 22.5 Å². The average molecular weight is 449 g/mol. The normalized spacial score (nSPS) is 15.8. The molecule has 0 aromatic rings. The number of ether oxygens (including phenoxy) is 2. The third-order valence-corrected chi connectivity index (χ3v) is 15.9. The summed E-state index contributed by atoms with van der Waals surface area (Å²) in [5, 5.41) is 0. The van der Waals surface area contributed by atoms with Crippen LogP contribution in [0.4, 0.5) is 0 Å². The summed E-state index contributed by atoms with van der Waals surface area (Å²) in [7, 11) is -6.10. The van der Waals surface area contributed by atoms with Crippen molar-refractivity contribution in [2.45, 2.75) is 97.5 Å². The van der Waals surface area contributed by atoms with Crippen molar-refractivity contribution in [3.05, 3.63) is 12.2 Å². The Labute approximate surface area is 176 Å². The largest absolute Gasteiger partial charge is 0.460 e. The van der Waals surface area contributed by atoms with E-state index in [1.807, 2.05) is 0 Å². The number of carbonyl (C=O) groups is 1. The van der Waals surface area contributed by atoms with E-state index in [4.69, 9.17) is 17.7 Å². The van der Waals surface area contributed by atoms with Gasteiger partial charge in [-0.3, -0.25) is 0 Å². The zero-order valence-corrected chi connectivity index (χ0v) is 22.8. The van der Waals surface area contributed by atoms with Crippen molar-refractivity contribution in [2.24, 2.45) is 0 Å². The molecule has 0 aromatic heterocycles. The van der Waals surface area contributed by atoms with E-state index in [-0.39, 0.29) is 18.3 Å². The zero-order chi connectivity index (χ0) is 22.0. The molecule has 0 fully saturated rings. The first-order chi connectivity index (χ1) is 12.8. The van der Waals surface area contributed by atoms with Gasteiger partial charge in [-0.05, 0) is 58.7 Å². The maximum atomic E-state index is 11.5. The minimum Gasteiger partial charge on any atom is -0.460 e. The van der Waals surface area contributed by atoms with E-state index in [2.05, 4.69) is 59.7 Å². The predicted octanol–water partition coefficient (Wildman–Crippen LogP) is 5.78. The van der Waals surface area contributed by atoms with Gasteiger partial charge in [-0.25, -0.2) is 4.79 Å². The smallest absolute Gasteiger partial charge is 0.333 e. The van der Waals surface area contributed by atoms with Gasteiger partial charge in [0.2, 0.25) is 8.32 Å². The van der Waals surface area contributed by atoms with E-state index in [0.29, 0.717) is 12.2 Å². The Kier molecular flexibility index (Phi) is 12.3. The van der Waals surface area contributed by atoms with E-state index in [1.54, 1.807) is 6.92 Å². The molecule has 0 aliphatic heterocycles. The first kappa shape index (κ1) is 27.7. The Morgan fingerprint density at radius 3 is 2.04 bits per heavy atom. The van der Waals surface area contributed by atoms with E-state index < -0.39 is 25.2 Å². The Morgan fingerprint density at radius 2 is 1.57 bits per heavy atom. The average Bonchev–Trinajstić information content (AvgIpc) is 2.51. The van der Waals surface area contributed by atoms with Crippen molar-refractivity contribution < 1.29 is 22.5 Å². The van der Waals surface area contributed by atoms with Gasteiger partial charge in [0, 0.05) is 5.57 Å². The van der Waals surface area contributed by atoms with Crippen LogP contribution in [0.2, 0.25) is 45.3 Å². The molecule has 0 rings (SSSR count). The lowest BCUT2D eigenvalue weighted by Gasteiger charge is -2.42. The highest BCUT2D eigenvalue weighted by atomic mass is 28.5. The fourth-order valence-corrected chi connectivity index (χ4v) is 18.0. The summed E-state index contributed by atoms with van der Waals surface area (Å²) < 4.78 is 24.7. The summed E-state index contributed by atoms with van der Waals surface area (Å²) in [6.07, 6.45) is 4.43. The molecule has 28 heavy (non-hydrogen) atoms. The summed E-state index contributed by atoms with van der Waals surface area (Å²) in [6.45, 7) is 23.5. The monoisotopic (exact) mass is 448 g/mol. The van der Waals surface area contributed by atoms with Crippen LogP contribution in [0, 0.1) is 0 Å². The van der Waals surface area contributed by atoms with Crippen molar-refractivity contribution in [3.63, 3.8) is 0 Å². The van der Waals surface area contributed by atoms with Gasteiger partial charge in [-0.15, -0.1) is 0 Å². The van der Waals surface area contributed by atoms with Gasteiger partial charge in [0.25, 0.3) is 0 Å². The number of hydrogen-bond acceptors (Lipinski definition) is 5. The van der Waals surface area contributed by atoms with Gasteiger partial charge in [-0.1, -0.05) is 39.7 Å². The summed E-state index contributed by atoms with van der Waals surface area (Å²) in [4.78, 5) is 11.5. The molecule has 2 unspecified atom stereocenters. The minimum atomic E-state index is -2.25. The molecule has 0 spiro atoms. The van der Waals surface area contributed by atoms with Crippen LogP contribution in [0.25, 0.3) is 0 Å². The lowest BCUT2D eigenvalue weighted by atomic mass is 10.3. The summed E-state index contributed by atoms with van der Waals surface area (Å²) in [5.41, 5.74) is 0.468. The fourth-order valence-electron chi connectivity index (χ4n) is 3.50. The third-order valence-electron chi connectivity index (χ3n) is 4.34. The Bertz CT molecular complexity index is 491. The number of hydrogen-bond donors (Lipinski definition) is 0. The number of esters is 1. The second-order valence-electron chi connectivity index (χ2n) is 9.17. The second kappa shape index (κ2) is 12.4.